The first-order chi connectivity index (χ1) is 11.5. The summed E-state index contributed by atoms with van der Waals surface area (Å²) in [5, 5.41) is 4.92. The zero-order chi connectivity index (χ0) is 17.5. The highest BCUT2D eigenvalue weighted by molar-refractivity contribution is 6.00. The fourth-order valence-electron chi connectivity index (χ4n) is 2.11. The molecular formula is C18H17FN2O3. The van der Waals surface area contributed by atoms with Crippen molar-refractivity contribution in [2.45, 2.75) is 19.8 Å². The second-order valence-corrected chi connectivity index (χ2v) is 5.21. The van der Waals surface area contributed by atoms with Crippen molar-refractivity contribution in [2.75, 3.05) is 10.6 Å². The Kier molecular flexibility index (Phi) is 5.78. The molecule has 0 atom stereocenters. The topological polar surface area (TPSA) is 75.3 Å². The van der Waals surface area contributed by atoms with Crippen LogP contribution in [0.3, 0.4) is 0 Å². The summed E-state index contributed by atoms with van der Waals surface area (Å²) in [4.78, 5) is 34.9. The van der Waals surface area contributed by atoms with Gasteiger partial charge in [-0.25, -0.2) is 4.39 Å². The third-order valence-electron chi connectivity index (χ3n) is 3.24. The zero-order valence-corrected chi connectivity index (χ0v) is 13.1. The number of carbonyl (C=O) groups excluding carboxylic acids is 3. The van der Waals surface area contributed by atoms with Gasteiger partial charge in [-0.15, -0.1) is 0 Å². The van der Waals surface area contributed by atoms with Gasteiger partial charge in [-0.3, -0.25) is 14.4 Å². The number of anilines is 2. The second kappa shape index (κ2) is 8.01. The molecule has 0 bridgehead atoms. The van der Waals surface area contributed by atoms with Crippen molar-refractivity contribution in [3.63, 3.8) is 0 Å². The lowest BCUT2D eigenvalue weighted by atomic mass is 10.1. The van der Waals surface area contributed by atoms with Crippen LogP contribution < -0.4 is 10.6 Å². The van der Waals surface area contributed by atoms with Crippen LogP contribution in [0.15, 0.2) is 48.5 Å². The van der Waals surface area contributed by atoms with Gasteiger partial charge in [0.1, 0.15) is 5.82 Å². The van der Waals surface area contributed by atoms with Crippen molar-refractivity contribution in [3.05, 3.63) is 59.9 Å². The van der Waals surface area contributed by atoms with Crippen molar-refractivity contribution in [2.24, 2.45) is 0 Å². The van der Waals surface area contributed by atoms with E-state index in [4.69, 9.17) is 0 Å². The number of ketones is 1. The molecule has 0 aliphatic carbocycles. The van der Waals surface area contributed by atoms with Crippen LogP contribution in [-0.4, -0.2) is 17.6 Å². The Morgan fingerprint density at radius 2 is 1.67 bits per heavy atom. The molecular weight excluding hydrogens is 311 g/mol. The molecule has 0 unspecified atom stereocenters. The van der Waals surface area contributed by atoms with Gasteiger partial charge in [-0.2, -0.15) is 0 Å². The Morgan fingerprint density at radius 1 is 0.958 bits per heavy atom. The fourth-order valence-corrected chi connectivity index (χ4v) is 2.11. The summed E-state index contributed by atoms with van der Waals surface area (Å²) in [7, 11) is 0. The van der Waals surface area contributed by atoms with Crippen LogP contribution in [0, 0.1) is 5.82 Å². The number of Topliss-reactive ketones (excluding diaryl/α,β-unsaturated/α-hetero) is 1. The number of carbonyl (C=O) groups is 3. The number of benzene rings is 2. The molecule has 0 heterocycles. The number of hydrogen-bond donors (Lipinski definition) is 2. The van der Waals surface area contributed by atoms with E-state index >= 15 is 0 Å². The van der Waals surface area contributed by atoms with Crippen LogP contribution in [-0.2, 0) is 9.59 Å². The Labute approximate surface area is 138 Å². The molecule has 0 aromatic heterocycles. The second-order valence-electron chi connectivity index (χ2n) is 5.21. The molecule has 2 rings (SSSR count). The van der Waals surface area contributed by atoms with Gasteiger partial charge in [0.25, 0.3) is 0 Å². The minimum Gasteiger partial charge on any atom is -0.326 e. The summed E-state index contributed by atoms with van der Waals surface area (Å²) in [5.41, 5.74) is 0.863. The molecule has 2 amide bonds. The smallest absolute Gasteiger partial charge is 0.224 e. The van der Waals surface area contributed by atoms with Gasteiger partial charge < -0.3 is 10.6 Å². The molecule has 0 aliphatic rings. The lowest BCUT2D eigenvalue weighted by molar-refractivity contribution is -0.116. The van der Waals surface area contributed by atoms with Gasteiger partial charge in [-0.05, 0) is 18.2 Å². The number of halogens is 1. The molecule has 5 nitrogen and oxygen atoms in total. The molecule has 0 aliphatic heterocycles. The first-order valence-electron chi connectivity index (χ1n) is 7.41. The predicted molar refractivity (Wildman–Crippen MR) is 89.3 cm³/mol. The molecule has 0 saturated heterocycles. The summed E-state index contributed by atoms with van der Waals surface area (Å²) >= 11 is 0. The van der Waals surface area contributed by atoms with E-state index in [1.54, 1.807) is 30.3 Å². The average Bonchev–Trinajstić information content (AvgIpc) is 2.56. The van der Waals surface area contributed by atoms with Crippen LogP contribution in [0.25, 0.3) is 0 Å². The third-order valence-corrected chi connectivity index (χ3v) is 3.24. The maximum atomic E-state index is 13.7. The van der Waals surface area contributed by atoms with Crippen molar-refractivity contribution in [1.29, 1.82) is 0 Å². The number of amides is 2. The highest BCUT2D eigenvalue weighted by atomic mass is 19.1. The largest absolute Gasteiger partial charge is 0.326 e. The van der Waals surface area contributed by atoms with Gasteiger partial charge in [0.05, 0.1) is 5.69 Å². The van der Waals surface area contributed by atoms with E-state index in [9.17, 15) is 18.8 Å². The number of nitrogens with one attached hydrogen (secondary N) is 2. The molecule has 0 spiro atoms. The first-order valence-corrected chi connectivity index (χ1v) is 7.41. The average molecular weight is 328 g/mol. The van der Waals surface area contributed by atoms with Gasteiger partial charge in [0.2, 0.25) is 11.8 Å². The summed E-state index contributed by atoms with van der Waals surface area (Å²) in [6.07, 6.45) is -0.0274. The maximum absolute atomic E-state index is 13.7. The predicted octanol–water partition coefficient (Wildman–Crippen LogP) is 3.39. The third kappa shape index (κ3) is 5.01. The van der Waals surface area contributed by atoms with Crippen LogP contribution in [0.4, 0.5) is 15.8 Å². The Morgan fingerprint density at radius 3 is 2.33 bits per heavy atom. The van der Waals surface area contributed by atoms with Crippen LogP contribution in [0.5, 0.6) is 0 Å². The number of hydrogen-bond acceptors (Lipinski definition) is 3. The molecule has 0 saturated carbocycles. The van der Waals surface area contributed by atoms with Crippen molar-refractivity contribution < 1.29 is 18.8 Å². The van der Waals surface area contributed by atoms with E-state index < -0.39 is 11.7 Å². The molecule has 124 valence electrons. The monoisotopic (exact) mass is 328 g/mol. The van der Waals surface area contributed by atoms with E-state index in [1.165, 1.54) is 19.1 Å². The van der Waals surface area contributed by atoms with E-state index in [0.717, 1.165) is 6.07 Å². The molecule has 6 heteroatoms. The summed E-state index contributed by atoms with van der Waals surface area (Å²) in [6, 6.07) is 12.5. The quantitative estimate of drug-likeness (QED) is 0.798. The van der Waals surface area contributed by atoms with Gasteiger partial charge in [0, 0.05) is 31.0 Å². The fraction of sp³-hybridized carbons (Fsp3) is 0.167. The van der Waals surface area contributed by atoms with E-state index in [1.807, 2.05) is 0 Å². The van der Waals surface area contributed by atoms with Crippen molar-refractivity contribution >= 4 is 29.0 Å². The highest BCUT2D eigenvalue weighted by Crippen LogP contribution is 2.20. The van der Waals surface area contributed by atoms with Gasteiger partial charge in [0.15, 0.2) is 5.78 Å². The SMILES string of the molecule is CC(=O)Nc1ccc(F)c(NC(=O)CCC(=O)c2ccccc2)c1. The molecule has 2 aromatic rings. The normalized spacial score (nSPS) is 10.1. The molecule has 24 heavy (non-hydrogen) atoms. The maximum Gasteiger partial charge on any atom is 0.224 e. The lowest BCUT2D eigenvalue weighted by Gasteiger charge is -2.09. The van der Waals surface area contributed by atoms with Crippen LogP contribution >= 0.6 is 0 Å². The summed E-state index contributed by atoms with van der Waals surface area (Å²) < 4.78 is 13.7. The van der Waals surface area contributed by atoms with E-state index in [0.29, 0.717) is 11.3 Å². The molecule has 2 aromatic carbocycles. The Balaban J connectivity index is 1.94. The van der Waals surface area contributed by atoms with E-state index in [2.05, 4.69) is 10.6 Å². The van der Waals surface area contributed by atoms with Gasteiger partial charge in [-0.1, -0.05) is 30.3 Å². The van der Waals surface area contributed by atoms with Gasteiger partial charge >= 0.3 is 0 Å². The van der Waals surface area contributed by atoms with Crippen molar-refractivity contribution in [1.82, 2.24) is 0 Å². The Hall–Kier alpha value is -3.02. The summed E-state index contributed by atoms with van der Waals surface area (Å²) in [6.45, 7) is 1.33. The molecule has 2 N–H and O–H groups in total. The number of rotatable bonds is 6. The minimum atomic E-state index is -0.619. The highest BCUT2D eigenvalue weighted by Gasteiger charge is 2.12. The molecule has 0 radical (unpaired) electrons. The first kappa shape index (κ1) is 17.3. The minimum absolute atomic E-state index is 0.0306. The molecule has 0 fully saturated rings. The standard InChI is InChI=1S/C18H17FN2O3/c1-12(22)20-14-7-8-15(19)16(11-14)21-18(24)10-9-17(23)13-5-3-2-4-6-13/h2-8,11H,9-10H2,1H3,(H,20,22)(H,21,24). The van der Waals surface area contributed by atoms with Crippen LogP contribution in [0.2, 0.25) is 0 Å². The zero-order valence-electron chi connectivity index (χ0n) is 13.1. The van der Waals surface area contributed by atoms with Crippen molar-refractivity contribution in [3.8, 4) is 0 Å². The van der Waals surface area contributed by atoms with Crippen LogP contribution in [0.1, 0.15) is 30.1 Å². The Bertz CT molecular complexity index is 760. The van der Waals surface area contributed by atoms with E-state index in [-0.39, 0.29) is 30.2 Å². The summed E-state index contributed by atoms with van der Waals surface area (Å²) in [5.74, 6) is -1.55. The lowest BCUT2D eigenvalue weighted by Crippen LogP contribution is -2.15.